The summed E-state index contributed by atoms with van der Waals surface area (Å²) in [6, 6.07) is 3.27. The van der Waals surface area contributed by atoms with Crippen LogP contribution in [0.25, 0.3) is 0 Å². The van der Waals surface area contributed by atoms with E-state index in [1.54, 1.807) is 13.8 Å². The van der Waals surface area contributed by atoms with Crippen LogP contribution in [0.4, 0.5) is 11.5 Å². The number of hydrogen-bond donors (Lipinski definition) is 2. The fourth-order valence-corrected chi connectivity index (χ4v) is 0.873. The topological polar surface area (TPSA) is 110 Å². The number of pyridine rings is 1. The third kappa shape index (κ3) is 2.57. The number of anilines is 2. The van der Waals surface area contributed by atoms with Gasteiger partial charge >= 0.3 is 0 Å². The Morgan fingerprint density at radius 2 is 2.20 bits per heavy atom. The molecule has 0 aromatic carbocycles. The summed E-state index contributed by atoms with van der Waals surface area (Å²) in [6.07, 6.45) is 0. The van der Waals surface area contributed by atoms with Crippen LogP contribution in [0.5, 0.6) is 5.88 Å². The van der Waals surface area contributed by atoms with Crippen molar-refractivity contribution in [3.05, 3.63) is 11.6 Å². The lowest BCUT2D eigenvalue weighted by atomic mass is 10.2. The fourth-order valence-electron chi connectivity index (χ4n) is 0.873. The van der Waals surface area contributed by atoms with Crippen molar-refractivity contribution in [3.8, 4) is 11.9 Å². The molecule has 1 heterocycles. The summed E-state index contributed by atoms with van der Waals surface area (Å²) < 4.78 is 0. The third-order valence-corrected chi connectivity index (χ3v) is 1.46. The SMILES string of the molecule is CC(C)=NOc1nc(N)cc(N)c1C#N. The molecule has 1 rings (SSSR count). The van der Waals surface area contributed by atoms with Crippen LogP contribution < -0.4 is 16.3 Å². The van der Waals surface area contributed by atoms with E-state index in [-0.39, 0.29) is 22.9 Å². The largest absolute Gasteiger partial charge is 0.397 e. The van der Waals surface area contributed by atoms with Gasteiger partial charge in [-0.25, -0.2) is 0 Å². The van der Waals surface area contributed by atoms with Crippen molar-refractivity contribution >= 4 is 17.2 Å². The van der Waals surface area contributed by atoms with Gasteiger partial charge < -0.3 is 16.3 Å². The van der Waals surface area contributed by atoms with Gasteiger partial charge in [-0.3, -0.25) is 0 Å². The van der Waals surface area contributed by atoms with Gasteiger partial charge in [0.2, 0.25) is 0 Å². The van der Waals surface area contributed by atoms with Crippen LogP contribution in [0.3, 0.4) is 0 Å². The van der Waals surface area contributed by atoms with Crippen molar-refractivity contribution in [1.29, 1.82) is 5.26 Å². The maximum absolute atomic E-state index is 8.82. The van der Waals surface area contributed by atoms with E-state index < -0.39 is 0 Å². The van der Waals surface area contributed by atoms with E-state index in [0.717, 1.165) is 0 Å². The highest BCUT2D eigenvalue weighted by Crippen LogP contribution is 2.23. The summed E-state index contributed by atoms with van der Waals surface area (Å²) in [5.41, 5.74) is 12.1. The van der Waals surface area contributed by atoms with Crippen LogP contribution in [-0.4, -0.2) is 10.7 Å². The molecule has 0 aliphatic rings. The Bertz CT molecular complexity index is 443. The Morgan fingerprint density at radius 1 is 1.53 bits per heavy atom. The number of oxime groups is 1. The molecule has 0 atom stereocenters. The minimum Gasteiger partial charge on any atom is -0.397 e. The molecular formula is C9H11N5O. The highest BCUT2D eigenvalue weighted by Gasteiger charge is 2.10. The Kier molecular flexibility index (Phi) is 3.08. The summed E-state index contributed by atoms with van der Waals surface area (Å²) in [7, 11) is 0. The Morgan fingerprint density at radius 3 is 2.73 bits per heavy atom. The number of nitriles is 1. The number of nitrogen functional groups attached to an aromatic ring is 2. The lowest BCUT2D eigenvalue weighted by Gasteiger charge is -2.04. The van der Waals surface area contributed by atoms with Gasteiger partial charge in [0.05, 0.1) is 11.4 Å². The molecule has 0 saturated carbocycles. The lowest BCUT2D eigenvalue weighted by Crippen LogP contribution is -2.02. The minimum atomic E-state index is 0.0243. The maximum atomic E-state index is 8.82. The molecule has 6 heteroatoms. The summed E-state index contributed by atoms with van der Waals surface area (Å²) in [4.78, 5) is 8.77. The molecule has 0 aliphatic carbocycles. The molecule has 0 aliphatic heterocycles. The molecule has 1 aromatic rings. The molecule has 0 unspecified atom stereocenters. The number of aromatic nitrogens is 1. The predicted molar refractivity (Wildman–Crippen MR) is 57.2 cm³/mol. The monoisotopic (exact) mass is 205 g/mol. The molecule has 6 nitrogen and oxygen atoms in total. The maximum Gasteiger partial charge on any atom is 0.270 e. The van der Waals surface area contributed by atoms with Crippen molar-refractivity contribution in [2.45, 2.75) is 13.8 Å². The molecule has 0 radical (unpaired) electrons. The van der Waals surface area contributed by atoms with Gasteiger partial charge in [0.15, 0.2) is 0 Å². The highest BCUT2D eigenvalue weighted by atomic mass is 16.6. The van der Waals surface area contributed by atoms with E-state index in [0.29, 0.717) is 5.71 Å². The van der Waals surface area contributed by atoms with Crippen molar-refractivity contribution < 1.29 is 4.84 Å². The first-order chi connectivity index (χ1) is 7.04. The zero-order valence-electron chi connectivity index (χ0n) is 8.48. The van der Waals surface area contributed by atoms with Crippen molar-refractivity contribution in [1.82, 2.24) is 4.98 Å². The van der Waals surface area contributed by atoms with Crippen LogP contribution in [0.2, 0.25) is 0 Å². The molecule has 0 amide bonds. The standard InChI is InChI=1S/C9H11N5O/c1-5(2)14-15-9-6(4-10)7(11)3-8(12)13-9/h3H,1-2H3,(H4,11,12,13). The minimum absolute atomic E-state index is 0.0243. The molecule has 0 fully saturated rings. The average molecular weight is 205 g/mol. The number of rotatable bonds is 2. The van der Waals surface area contributed by atoms with Crippen LogP contribution >= 0.6 is 0 Å². The predicted octanol–water partition coefficient (Wildman–Crippen LogP) is 0.892. The molecule has 4 N–H and O–H groups in total. The molecule has 1 aromatic heterocycles. The summed E-state index contributed by atoms with van der Waals surface area (Å²) in [5, 5.41) is 12.5. The second kappa shape index (κ2) is 4.28. The van der Waals surface area contributed by atoms with E-state index in [4.69, 9.17) is 21.6 Å². The van der Waals surface area contributed by atoms with Gasteiger partial charge in [0.1, 0.15) is 17.5 Å². The van der Waals surface area contributed by atoms with Gasteiger partial charge in [0, 0.05) is 6.07 Å². The average Bonchev–Trinajstić information content (AvgIpc) is 2.13. The first-order valence-corrected chi connectivity index (χ1v) is 4.19. The third-order valence-electron chi connectivity index (χ3n) is 1.46. The second-order valence-corrected chi connectivity index (χ2v) is 3.06. The zero-order valence-corrected chi connectivity index (χ0v) is 8.48. The van der Waals surface area contributed by atoms with Gasteiger partial charge in [-0.15, -0.1) is 0 Å². The van der Waals surface area contributed by atoms with E-state index in [2.05, 4.69) is 10.1 Å². The first-order valence-electron chi connectivity index (χ1n) is 4.19. The Hall–Kier alpha value is -2.29. The van der Waals surface area contributed by atoms with E-state index in [1.807, 2.05) is 6.07 Å². The first kappa shape index (κ1) is 10.8. The van der Waals surface area contributed by atoms with Gasteiger partial charge in [-0.05, 0) is 13.8 Å². The zero-order chi connectivity index (χ0) is 11.4. The van der Waals surface area contributed by atoms with E-state index in [1.165, 1.54) is 6.07 Å². The Labute approximate surface area is 87.1 Å². The molecule has 78 valence electrons. The Balaban J connectivity index is 3.16. The summed E-state index contributed by atoms with van der Waals surface area (Å²) >= 11 is 0. The van der Waals surface area contributed by atoms with Crippen LogP contribution in [0.1, 0.15) is 19.4 Å². The quantitative estimate of drug-likeness (QED) is 0.550. The van der Waals surface area contributed by atoms with Gasteiger partial charge in [-0.2, -0.15) is 10.2 Å². The number of nitrogens with zero attached hydrogens (tertiary/aromatic N) is 3. The summed E-state index contributed by atoms with van der Waals surface area (Å²) in [5.74, 6) is 0.210. The van der Waals surface area contributed by atoms with E-state index >= 15 is 0 Å². The molecule has 0 saturated heterocycles. The van der Waals surface area contributed by atoms with E-state index in [9.17, 15) is 0 Å². The smallest absolute Gasteiger partial charge is 0.270 e. The normalized spacial score (nSPS) is 9.13. The van der Waals surface area contributed by atoms with Crippen molar-refractivity contribution in [3.63, 3.8) is 0 Å². The van der Waals surface area contributed by atoms with Gasteiger partial charge in [-0.1, -0.05) is 5.16 Å². The fraction of sp³-hybridized carbons (Fsp3) is 0.222. The van der Waals surface area contributed by atoms with Crippen molar-refractivity contribution in [2.75, 3.05) is 11.5 Å². The molecular weight excluding hydrogens is 194 g/mol. The van der Waals surface area contributed by atoms with Gasteiger partial charge in [0.25, 0.3) is 5.88 Å². The second-order valence-electron chi connectivity index (χ2n) is 3.06. The molecule has 0 bridgehead atoms. The summed E-state index contributed by atoms with van der Waals surface area (Å²) in [6.45, 7) is 3.50. The lowest BCUT2D eigenvalue weighted by molar-refractivity contribution is 0.326. The molecule has 0 spiro atoms. The number of nitrogens with two attached hydrogens (primary N) is 2. The van der Waals surface area contributed by atoms with Crippen molar-refractivity contribution in [2.24, 2.45) is 5.16 Å². The molecule has 15 heavy (non-hydrogen) atoms. The van der Waals surface area contributed by atoms with Crippen LogP contribution in [0, 0.1) is 11.3 Å². The highest BCUT2D eigenvalue weighted by molar-refractivity contribution is 5.78. The number of hydrogen-bond acceptors (Lipinski definition) is 6. The van der Waals surface area contributed by atoms with Crippen LogP contribution in [0.15, 0.2) is 11.2 Å². The van der Waals surface area contributed by atoms with Crippen LogP contribution in [-0.2, 0) is 0 Å².